The molecule has 0 fully saturated rings. The van der Waals surface area contributed by atoms with Crippen LogP contribution in [0.1, 0.15) is 18.4 Å². The van der Waals surface area contributed by atoms with Gasteiger partial charge in [-0.15, -0.1) is 11.8 Å². The van der Waals surface area contributed by atoms with Crippen molar-refractivity contribution in [1.82, 2.24) is 5.32 Å². The third kappa shape index (κ3) is 6.27. The van der Waals surface area contributed by atoms with Crippen LogP contribution in [-0.2, 0) is 6.42 Å². The number of hydrogen-bond acceptors (Lipinski definition) is 2. The van der Waals surface area contributed by atoms with Gasteiger partial charge in [0.15, 0.2) is 0 Å². The molecule has 0 unspecified atom stereocenters. The van der Waals surface area contributed by atoms with Gasteiger partial charge in [0.2, 0.25) is 0 Å². The van der Waals surface area contributed by atoms with Crippen LogP contribution in [0.2, 0.25) is 0 Å². The number of hydrogen-bond donors (Lipinski definition) is 1. The summed E-state index contributed by atoms with van der Waals surface area (Å²) in [5, 5.41) is 3.52. The summed E-state index contributed by atoms with van der Waals surface area (Å²) in [5.74, 6) is 1.14. The van der Waals surface area contributed by atoms with Crippen molar-refractivity contribution in [3.8, 4) is 0 Å². The van der Waals surface area contributed by atoms with Crippen molar-refractivity contribution >= 4 is 11.8 Å². The number of unbranched alkanes of at least 4 members (excludes halogenated alkanes) is 1. The number of rotatable bonds is 9. The topological polar surface area (TPSA) is 12.0 Å². The fraction of sp³-hybridized carbons (Fsp3) is 0.333. The third-order valence-electron chi connectivity index (χ3n) is 3.20. The number of aryl methyl sites for hydroxylation is 1. The molecule has 0 atom stereocenters. The summed E-state index contributed by atoms with van der Waals surface area (Å²) in [5.41, 5.74) is 1.45. The molecule has 0 amide bonds. The zero-order valence-corrected chi connectivity index (χ0v) is 12.7. The highest BCUT2D eigenvalue weighted by atomic mass is 32.2. The molecule has 106 valence electrons. The average molecular weight is 285 g/mol. The van der Waals surface area contributed by atoms with Crippen LogP contribution in [0.3, 0.4) is 0 Å². The van der Waals surface area contributed by atoms with Gasteiger partial charge in [0.1, 0.15) is 0 Å². The highest BCUT2D eigenvalue weighted by molar-refractivity contribution is 7.99. The van der Waals surface area contributed by atoms with Crippen LogP contribution in [0.4, 0.5) is 0 Å². The first kappa shape index (κ1) is 15.1. The first-order valence-electron chi connectivity index (χ1n) is 7.37. The standard InChI is InChI=1S/C18H23NS/c1-3-9-17(10-4-1)11-7-8-14-19-15-16-20-18-12-5-2-6-13-18/h1-6,9-10,12-13,19H,7-8,11,14-16H2. The molecular formula is C18H23NS. The minimum atomic E-state index is 1.09. The van der Waals surface area contributed by atoms with Crippen molar-refractivity contribution in [1.29, 1.82) is 0 Å². The lowest BCUT2D eigenvalue weighted by Gasteiger charge is -2.05. The lowest BCUT2D eigenvalue weighted by Crippen LogP contribution is -2.18. The van der Waals surface area contributed by atoms with Crippen LogP contribution in [0.5, 0.6) is 0 Å². The summed E-state index contributed by atoms with van der Waals surface area (Å²) in [7, 11) is 0. The highest BCUT2D eigenvalue weighted by Gasteiger charge is 1.94. The maximum Gasteiger partial charge on any atom is 0.0106 e. The summed E-state index contributed by atoms with van der Waals surface area (Å²) in [4.78, 5) is 1.36. The average Bonchev–Trinajstić information content (AvgIpc) is 2.52. The Morgan fingerprint density at radius 2 is 1.45 bits per heavy atom. The van der Waals surface area contributed by atoms with E-state index in [9.17, 15) is 0 Å². The Morgan fingerprint density at radius 3 is 2.20 bits per heavy atom. The second kappa shape index (κ2) is 9.62. The van der Waals surface area contributed by atoms with Crippen molar-refractivity contribution in [3.63, 3.8) is 0 Å². The van der Waals surface area contributed by atoms with Gasteiger partial charge in [0.25, 0.3) is 0 Å². The van der Waals surface area contributed by atoms with Crippen molar-refractivity contribution < 1.29 is 0 Å². The SMILES string of the molecule is c1ccc(CCCCNCCSc2ccccc2)cc1. The quantitative estimate of drug-likeness (QED) is 0.541. The summed E-state index contributed by atoms with van der Waals surface area (Å²) in [6.07, 6.45) is 3.72. The molecular weight excluding hydrogens is 262 g/mol. The van der Waals surface area contributed by atoms with Crippen LogP contribution >= 0.6 is 11.8 Å². The molecule has 2 heteroatoms. The van der Waals surface area contributed by atoms with Crippen LogP contribution in [0, 0.1) is 0 Å². The lowest BCUT2D eigenvalue weighted by atomic mass is 10.1. The second-order valence-electron chi connectivity index (χ2n) is 4.85. The van der Waals surface area contributed by atoms with Gasteiger partial charge >= 0.3 is 0 Å². The van der Waals surface area contributed by atoms with Gasteiger partial charge in [-0.1, -0.05) is 48.5 Å². The first-order valence-corrected chi connectivity index (χ1v) is 8.36. The molecule has 0 bridgehead atoms. The van der Waals surface area contributed by atoms with E-state index in [2.05, 4.69) is 66.0 Å². The van der Waals surface area contributed by atoms with Gasteiger partial charge in [0, 0.05) is 17.2 Å². The molecule has 0 aliphatic carbocycles. The van der Waals surface area contributed by atoms with Gasteiger partial charge in [-0.25, -0.2) is 0 Å². The van der Waals surface area contributed by atoms with E-state index in [0.29, 0.717) is 0 Å². The lowest BCUT2D eigenvalue weighted by molar-refractivity contribution is 0.643. The molecule has 0 spiro atoms. The van der Waals surface area contributed by atoms with Crippen molar-refractivity contribution in [2.24, 2.45) is 0 Å². The van der Waals surface area contributed by atoms with Crippen molar-refractivity contribution in [2.75, 3.05) is 18.8 Å². The van der Waals surface area contributed by atoms with Gasteiger partial charge < -0.3 is 5.32 Å². The summed E-state index contributed by atoms with van der Waals surface area (Å²) >= 11 is 1.92. The first-order chi connectivity index (χ1) is 9.95. The maximum absolute atomic E-state index is 3.52. The highest BCUT2D eigenvalue weighted by Crippen LogP contribution is 2.15. The van der Waals surface area contributed by atoms with E-state index in [1.807, 2.05) is 11.8 Å². The van der Waals surface area contributed by atoms with Gasteiger partial charge in [-0.05, 0) is 43.5 Å². The van der Waals surface area contributed by atoms with E-state index < -0.39 is 0 Å². The zero-order chi connectivity index (χ0) is 13.9. The van der Waals surface area contributed by atoms with Crippen LogP contribution in [0.15, 0.2) is 65.6 Å². The zero-order valence-electron chi connectivity index (χ0n) is 11.9. The van der Waals surface area contributed by atoms with Gasteiger partial charge in [0.05, 0.1) is 0 Å². The van der Waals surface area contributed by atoms with E-state index >= 15 is 0 Å². The predicted octanol–water partition coefficient (Wildman–Crippen LogP) is 4.39. The number of thioether (sulfide) groups is 1. The molecule has 0 saturated heterocycles. The monoisotopic (exact) mass is 285 g/mol. The molecule has 2 aromatic rings. The third-order valence-corrected chi connectivity index (χ3v) is 4.22. The second-order valence-corrected chi connectivity index (χ2v) is 6.02. The molecule has 0 heterocycles. The Balaban J connectivity index is 1.44. The van der Waals surface area contributed by atoms with Crippen LogP contribution < -0.4 is 5.32 Å². The number of benzene rings is 2. The Labute approximate surface area is 126 Å². The van der Waals surface area contributed by atoms with E-state index in [4.69, 9.17) is 0 Å². The minimum Gasteiger partial charge on any atom is -0.316 e. The summed E-state index contributed by atoms with van der Waals surface area (Å²) in [6, 6.07) is 21.3. The summed E-state index contributed by atoms with van der Waals surface area (Å²) < 4.78 is 0. The predicted molar refractivity (Wildman–Crippen MR) is 89.4 cm³/mol. The van der Waals surface area contributed by atoms with Crippen molar-refractivity contribution in [2.45, 2.75) is 24.2 Å². The fourth-order valence-corrected chi connectivity index (χ4v) is 2.94. The Morgan fingerprint density at radius 1 is 0.750 bits per heavy atom. The summed E-state index contributed by atoms with van der Waals surface area (Å²) in [6.45, 7) is 2.22. The molecule has 0 saturated carbocycles. The molecule has 2 rings (SSSR count). The normalized spacial score (nSPS) is 10.6. The largest absolute Gasteiger partial charge is 0.316 e. The fourth-order valence-electron chi connectivity index (χ4n) is 2.11. The van der Waals surface area contributed by atoms with Crippen LogP contribution in [-0.4, -0.2) is 18.8 Å². The van der Waals surface area contributed by atoms with E-state index in [1.165, 1.54) is 29.7 Å². The Bertz CT molecular complexity index is 410. The maximum atomic E-state index is 3.52. The molecule has 2 aromatic carbocycles. The smallest absolute Gasteiger partial charge is 0.0106 e. The molecule has 20 heavy (non-hydrogen) atoms. The molecule has 1 nitrogen and oxygen atoms in total. The molecule has 0 radical (unpaired) electrons. The van der Waals surface area contributed by atoms with Gasteiger partial charge in [-0.3, -0.25) is 0 Å². The van der Waals surface area contributed by atoms with Crippen LogP contribution in [0.25, 0.3) is 0 Å². The minimum absolute atomic E-state index is 1.09. The van der Waals surface area contributed by atoms with E-state index in [-0.39, 0.29) is 0 Å². The molecule has 1 N–H and O–H groups in total. The molecule has 0 aliphatic heterocycles. The molecule has 0 aliphatic rings. The Hall–Kier alpha value is -1.25. The van der Waals surface area contributed by atoms with E-state index in [1.54, 1.807) is 0 Å². The van der Waals surface area contributed by atoms with Gasteiger partial charge in [-0.2, -0.15) is 0 Å². The van der Waals surface area contributed by atoms with Crippen molar-refractivity contribution in [3.05, 3.63) is 66.2 Å². The molecule has 0 aromatic heterocycles. The van der Waals surface area contributed by atoms with E-state index in [0.717, 1.165) is 18.8 Å². The number of nitrogens with one attached hydrogen (secondary N) is 1. The Kier molecular flexibility index (Phi) is 7.29.